The molecule has 21 heavy (non-hydrogen) atoms. The molecule has 0 aliphatic rings. The number of aromatic amines is 1. The number of hydrogen-bond acceptors (Lipinski definition) is 6. The first-order chi connectivity index (χ1) is 10.1. The number of anilines is 1. The van der Waals surface area contributed by atoms with E-state index in [9.17, 15) is 4.79 Å². The molecule has 0 saturated carbocycles. The number of rotatable bonds is 5. The first kappa shape index (κ1) is 15.6. The number of nitrogens with one attached hydrogen (secondary N) is 2. The molecular weight excluding hydrogens is 406 g/mol. The Hall–Kier alpha value is -1.74. The van der Waals surface area contributed by atoms with Crippen LogP contribution >= 0.6 is 31.9 Å². The highest BCUT2D eigenvalue weighted by Crippen LogP contribution is 2.34. The van der Waals surface area contributed by atoms with Crippen LogP contribution in [0.4, 0.5) is 5.95 Å². The van der Waals surface area contributed by atoms with Crippen molar-refractivity contribution in [1.82, 2.24) is 15.2 Å². The molecule has 2 aromatic rings. The summed E-state index contributed by atoms with van der Waals surface area (Å²) in [6.07, 6.45) is 2.66. The Kier molecular flexibility index (Phi) is 5.45. The Balaban J connectivity index is 2.12. The van der Waals surface area contributed by atoms with Crippen molar-refractivity contribution in [3.8, 4) is 5.75 Å². The highest BCUT2D eigenvalue weighted by atomic mass is 79.9. The molecule has 0 unspecified atom stereocenters. The zero-order valence-electron chi connectivity index (χ0n) is 10.9. The van der Waals surface area contributed by atoms with Crippen molar-refractivity contribution in [3.63, 3.8) is 0 Å². The summed E-state index contributed by atoms with van der Waals surface area (Å²) in [6, 6.07) is 3.72. The van der Waals surface area contributed by atoms with Crippen LogP contribution in [0.5, 0.6) is 5.75 Å². The molecule has 9 heteroatoms. The summed E-state index contributed by atoms with van der Waals surface area (Å²) in [5, 5.41) is 11.2. The van der Waals surface area contributed by atoms with Crippen LogP contribution in [0.3, 0.4) is 0 Å². The minimum absolute atomic E-state index is 0.169. The monoisotopic (exact) mass is 415 g/mol. The van der Waals surface area contributed by atoms with E-state index in [1.807, 2.05) is 19.1 Å². The van der Waals surface area contributed by atoms with E-state index in [0.29, 0.717) is 6.61 Å². The number of H-pyrrole nitrogens is 1. The topological polar surface area (TPSA) is 92.3 Å². The number of hydrogen-bond donors (Lipinski definition) is 2. The second-order valence-corrected chi connectivity index (χ2v) is 5.51. The van der Waals surface area contributed by atoms with Crippen LogP contribution in [0.15, 0.2) is 37.2 Å². The standard InChI is InChI=1S/C12H11Br2N5O2/c1-2-21-11-8(13)3-7(4-9(11)14)5-15-18-12-17-10(20)6-16-19-12/h3-6H,2H2,1H3,(H2,17,18,19,20)/b15-5+. The van der Waals surface area contributed by atoms with Gasteiger partial charge in [0, 0.05) is 0 Å². The van der Waals surface area contributed by atoms with E-state index in [1.165, 1.54) is 0 Å². The van der Waals surface area contributed by atoms with Crippen LogP contribution in [-0.2, 0) is 0 Å². The normalized spacial score (nSPS) is 10.8. The van der Waals surface area contributed by atoms with Crippen LogP contribution in [0.2, 0.25) is 0 Å². The van der Waals surface area contributed by atoms with Crippen molar-refractivity contribution in [2.75, 3.05) is 12.0 Å². The Morgan fingerprint density at radius 2 is 2.14 bits per heavy atom. The Morgan fingerprint density at radius 1 is 1.43 bits per heavy atom. The number of ether oxygens (including phenoxy) is 1. The smallest absolute Gasteiger partial charge is 0.271 e. The van der Waals surface area contributed by atoms with Crippen molar-refractivity contribution < 1.29 is 4.74 Å². The lowest BCUT2D eigenvalue weighted by atomic mass is 10.2. The van der Waals surface area contributed by atoms with Crippen LogP contribution in [0, 0.1) is 0 Å². The van der Waals surface area contributed by atoms with E-state index in [-0.39, 0.29) is 11.5 Å². The summed E-state index contributed by atoms with van der Waals surface area (Å²) in [4.78, 5) is 13.5. The van der Waals surface area contributed by atoms with E-state index >= 15 is 0 Å². The van der Waals surface area contributed by atoms with Gasteiger partial charge < -0.3 is 4.74 Å². The second kappa shape index (κ2) is 7.32. The van der Waals surface area contributed by atoms with Crippen molar-refractivity contribution in [3.05, 3.63) is 43.2 Å². The largest absolute Gasteiger partial charge is 0.492 e. The molecule has 0 saturated heterocycles. The summed E-state index contributed by atoms with van der Waals surface area (Å²) in [7, 11) is 0. The van der Waals surface area contributed by atoms with Gasteiger partial charge in [0.05, 0.1) is 21.8 Å². The number of benzene rings is 1. The molecule has 0 fully saturated rings. The number of halogens is 2. The summed E-state index contributed by atoms with van der Waals surface area (Å²) in [5.74, 6) is 0.906. The number of aromatic nitrogens is 3. The molecule has 0 aliphatic carbocycles. The van der Waals surface area contributed by atoms with Gasteiger partial charge in [0.2, 0.25) is 5.95 Å². The van der Waals surface area contributed by atoms with Crippen LogP contribution in [-0.4, -0.2) is 28.0 Å². The molecule has 1 heterocycles. The SMILES string of the molecule is CCOc1c(Br)cc(/C=N/Nc2nncc(=O)[nH]2)cc1Br. The van der Waals surface area contributed by atoms with E-state index in [0.717, 1.165) is 26.5 Å². The molecule has 0 amide bonds. The fraction of sp³-hybridized carbons (Fsp3) is 0.167. The van der Waals surface area contributed by atoms with Gasteiger partial charge in [-0.05, 0) is 56.5 Å². The highest BCUT2D eigenvalue weighted by molar-refractivity contribution is 9.11. The van der Waals surface area contributed by atoms with Gasteiger partial charge in [0.15, 0.2) is 0 Å². The third-order valence-corrected chi connectivity index (χ3v) is 3.45. The second-order valence-electron chi connectivity index (χ2n) is 3.80. The zero-order chi connectivity index (χ0) is 15.2. The Bertz CT molecular complexity index is 694. The molecule has 2 rings (SSSR count). The summed E-state index contributed by atoms with van der Waals surface area (Å²) in [5.41, 5.74) is 3.07. The van der Waals surface area contributed by atoms with Crippen molar-refractivity contribution in [2.24, 2.45) is 5.10 Å². The third kappa shape index (κ3) is 4.36. The fourth-order valence-corrected chi connectivity index (χ4v) is 2.92. The van der Waals surface area contributed by atoms with E-state index < -0.39 is 0 Å². The maximum Gasteiger partial charge on any atom is 0.271 e. The van der Waals surface area contributed by atoms with Gasteiger partial charge >= 0.3 is 0 Å². The third-order valence-electron chi connectivity index (χ3n) is 2.27. The minimum atomic E-state index is -0.353. The fourth-order valence-electron chi connectivity index (χ4n) is 1.47. The predicted molar refractivity (Wildman–Crippen MR) is 86.9 cm³/mol. The summed E-state index contributed by atoms with van der Waals surface area (Å²) >= 11 is 6.88. The zero-order valence-corrected chi connectivity index (χ0v) is 14.1. The predicted octanol–water partition coefficient (Wildman–Crippen LogP) is 2.53. The summed E-state index contributed by atoms with van der Waals surface area (Å²) in [6.45, 7) is 2.49. The van der Waals surface area contributed by atoms with E-state index in [2.05, 4.69) is 57.6 Å². The molecule has 0 aliphatic heterocycles. The average molecular weight is 417 g/mol. The molecule has 0 spiro atoms. The number of hydrazone groups is 1. The van der Waals surface area contributed by atoms with Gasteiger partial charge in [-0.25, -0.2) is 5.43 Å². The van der Waals surface area contributed by atoms with Crippen molar-refractivity contribution >= 4 is 44.0 Å². The summed E-state index contributed by atoms with van der Waals surface area (Å²) < 4.78 is 7.12. The first-order valence-corrected chi connectivity index (χ1v) is 7.51. The van der Waals surface area contributed by atoms with E-state index in [1.54, 1.807) is 6.21 Å². The van der Waals surface area contributed by atoms with Gasteiger partial charge in [-0.1, -0.05) is 0 Å². The molecule has 2 N–H and O–H groups in total. The van der Waals surface area contributed by atoms with Crippen LogP contribution in [0.25, 0.3) is 0 Å². The minimum Gasteiger partial charge on any atom is -0.492 e. The molecule has 1 aromatic heterocycles. The maximum absolute atomic E-state index is 11.0. The van der Waals surface area contributed by atoms with Gasteiger partial charge in [-0.15, -0.1) is 10.2 Å². The van der Waals surface area contributed by atoms with Crippen LogP contribution < -0.4 is 15.7 Å². The van der Waals surface area contributed by atoms with Gasteiger partial charge in [0.25, 0.3) is 5.56 Å². The van der Waals surface area contributed by atoms with E-state index in [4.69, 9.17) is 4.74 Å². The Labute approximate surface area is 137 Å². The quantitative estimate of drug-likeness (QED) is 0.577. The number of nitrogens with zero attached hydrogens (tertiary/aromatic N) is 3. The molecule has 110 valence electrons. The van der Waals surface area contributed by atoms with Crippen molar-refractivity contribution in [2.45, 2.75) is 6.92 Å². The molecular formula is C12H11Br2N5O2. The molecule has 0 atom stereocenters. The Morgan fingerprint density at radius 3 is 2.76 bits per heavy atom. The lowest BCUT2D eigenvalue weighted by Crippen LogP contribution is -2.10. The lowest BCUT2D eigenvalue weighted by Gasteiger charge is -2.09. The van der Waals surface area contributed by atoms with Gasteiger partial charge in [-0.3, -0.25) is 9.78 Å². The average Bonchev–Trinajstić information content (AvgIpc) is 2.43. The van der Waals surface area contributed by atoms with Gasteiger partial charge in [-0.2, -0.15) is 5.10 Å². The van der Waals surface area contributed by atoms with Crippen LogP contribution in [0.1, 0.15) is 12.5 Å². The highest BCUT2D eigenvalue weighted by Gasteiger charge is 2.07. The lowest BCUT2D eigenvalue weighted by molar-refractivity contribution is 0.336. The molecule has 7 nitrogen and oxygen atoms in total. The molecule has 1 aromatic carbocycles. The van der Waals surface area contributed by atoms with Crippen molar-refractivity contribution in [1.29, 1.82) is 0 Å². The molecule has 0 bridgehead atoms. The first-order valence-electron chi connectivity index (χ1n) is 5.93. The molecule has 0 radical (unpaired) electrons. The van der Waals surface area contributed by atoms with Gasteiger partial charge in [0.1, 0.15) is 11.9 Å². The maximum atomic E-state index is 11.0.